The quantitative estimate of drug-likeness (QED) is 0.376. The topological polar surface area (TPSA) is 111 Å². The molecule has 2 aliphatic rings. The van der Waals surface area contributed by atoms with Gasteiger partial charge in [-0.05, 0) is 30.3 Å². The number of nitrogens with one attached hydrogen (secondary N) is 1. The molecule has 3 heterocycles. The van der Waals surface area contributed by atoms with E-state index in [9.17, 15) is 15.0 Å². The number of phenols is 2. The van der Waals surface area contributed by atoms with Gasteiger partial charge in [-0.3, -0.25) is 9.69 Å². The lowest BCUT2D eigenvalue weighted by molar-refractivity contribution is -0.118. The summed E-state index contributed by atoms with van der Waals surface area (Å²) < 4.78 is 5.43. The molecule has 0 aliphatic carbocycles. The summed E-state index contributed by atoms with van der Waals surface area (Å²) in [6.45, 7) is 4.36. The molecule has 0 atom stereocenters. The summed E-state index contributed by atoms with van der Waals surface area (Å²) in [6, 6.07) is 9.83. The van der Waals surface area contributed by atoms with Crippen LogP contribution in [0.25, 0.3) is 11.3 Å². The molecule has 1 amide bonds. The van der Waals surface area contributed by atoms with Gasteiger partial charge in [-0.25, -0.2) is 9.97 Å². The van der Waals surface area contributed by atoms with Gasteiger partial charge < -0.3 is 25.2 Å². The van der Waals surface area contributed by atoms with E-state index in [4.69, 9.17) is 21.3 Å². The minimum Gasteiger partial charge on any atom is -0.504 e. The number of morpholine rings is 1. The van der Waals surface area contributed by atoms with Crippen LogP contribution in [0.1, 0.15) is 5.56 Å². The Morgan fingerprint density at radius 3 is 2.68 bits per heavy atom. The Labute approximate surface area is 201 Å². The molecule has 10 heteroatoms. The molecule has 0 bridgehead atoms. The molecule has 1 aromatic heterocycles. The Morgan fingerprint density at radius 2 is 1.88 bits per heavy atom. The zero-order valence-corrected chi connectivity index (χ0v) is 19.1. The van der Waals surface area contributed by atoms with Crippen molar-refractivity contribution in [3.8, 4) is 22.8 Å². The molecule has 2 aromatic carbocycles. The molecule has 2 aliphatic heterocycles. The van der Waals surface area contributed by atoms with Gasteiger partial charge in [-0.1, -0.05) is 11.6 Å². The number of nitrogens with zero attached hydrogens (tertiary/aromatic N) is 4. The normalized spacial score (nSPS) is 16.0. The Morgan fingerprint density at radius 1 is 1.06 bits per heavy atom. The maximum atomic E-state index is 13.3. The molecule has 9 nitrogen and oxygen atoms in total. The summed E-state index contributed by atoms with van der Waals surface area (Å²) >= 11 is 6.33. The van der Waals surface area contributed by atoms with Crippen LogP contribution < -0.4 is 10.2 Å². The molecular weight excluding hydrogens is 458 g/mol. The van der Waals surface area contributed by atoms with Crippen molar-refractivity contribution < 1.29 is 19.7 Å². The van der Waals surface area contributed by atoms with Crippen molar-refractivity contribution in [2.45, 2.75) is 6.42 Å². The van der Waals surface area contributed by atoms with Crippen LogP contribution in [-0.4, -0.2) is 70.4 Å². The molecule has 1 fully saturated rings. The highest BCUT2D eigenvalue weighted by Gasteiger charge is 2.28. The van der Waals surface area contributed by atoms with Crippen LogP contribution in [0.3, 0.4) is 0 Å². The van der Waals surface area contributed by atoms with E-state index in [0.29, 0.717) is 42.1 Å². The molecule has 0 spiro atoms. The van der Waals surface area contributed by atoms with Crippen LogP contribution in [0.5, 0.6) is 11.5 Å². The van der Waals surface area contributed by atoms with E-state index in [-0.39, 0.29) is 23.8 Å². The van der Waals surface area contributed by atoms with E-state index in [1.807, 2.05) is 6.07 Å². The van der Waals surface area contributed by atoms with Crippen LogP contribution in [-0.2, 0) is 16.0 Å². The second-order valence-electron chi connectivity index (χ2n) is 8.23. The molecule has 34 heavy (non-hydrogen) atoms. The van der Waals surface area contributed by atoms with E-state index >= 15 is 0 Å². The highest BCUT2D eigenvalue weighted by Crippen LogP contribution is 2.38. The third-order valence-corrected chi connectivity index (χ3v) is 6.22. The minimum absolute atomic E-state index is 0.0386. The first-order chi connectivity index (χ1) is 16.5. The SMILES string of the molecule is O=C1Cc2cnc(Nc3ccc(O)c(O)c3)nc2-c2ccc(Cl)cc2N1CCN1CCOCC1. The van der Waals surface area contributed by atoms with Crippen molar-refractivity contribution in [1.82, 2.24) is 14.9 Å². The van der Waals surface area contributed by atoms with Crippen molar-refractivity contribution in [3.63, 3.8) is 0 Å². The monoisotopic (exact) mass is 481 g/mol. The zero-order chi connectivity index (χ0) is 23.7. The smallest absolute Gasteiger partial charge is 0.231 e. The van der Waals surface area contributed by atoms with Crippen molar-refractivity contribution in [2.75, 3.05) is 49.6 Å². The number of carbonyl (C=O) groups excluding carboxylic acids is 1. The number of rotatable bonds is 5. The van der Waals surface area contributed by atoms with Gasteiger partial charge in [0.05, 0.1) is 31.0 Å². The summed E-state index contributed by atoms with van der Waals surface area (Å²) in [6.07, 6.45) is 1.82. The third-order valence-electron chi connectivity index (χ3n) is 5.99. The van der Waals surface area contributed by atoms with Gasteiger partial charge >= 0.3 is 0 Å². The van der Waals surface area contributed by atoms with E-state index in [1.54, 1.807) is 29.3 Å². The lowest BCUT2D eigenvalue weighted by atomic mass is 10.1. The molecular formula is C24H24ClN5O4. The number of benzene rings is 2. The predicted molar refractivity (Wildman–Crippen MR) is 129 cm³/mol. The fraction of sp³-hybridized carbons (Fsp3) is 0.292. The number of ether oxygens (including phenoxy) is 1. The van der Waals surface area contributed by atoms with Crippen molar-refractivity contribution in [1.29, 1.82) is 0 Å². The summed E-state index contributed by atoms with van der Waals surface area (Å²) in [5, 5.41) is 22.9. The molecule has 3 N–H and O–H groups in total. The molecule has 5 rings (SSSR count). The van der Waals surface area contributed by atoms with Crippen LogP contribution in [0.2, 0.25) is 5.02 Å². The average Bonchev–Trinajstić information content (AvgIpc) is 2.94. The molecule has 1 saturated heterocycles. The fourth-order valence-electron chi connectivity index (χ4n) is 4.19. The Balaban J connectivity index is 1.47. The number of phenolic OH excluding ortho intramolecular Hbond substituents is 2. The Bertz CT molecular complexity index is 1230. The fourth-order valence-corrected chi connectivity index (χ4v) is 4.36. The lowest BCUT2D eigenvalue weighted by Gasteiger charge is -2.30. The number of hydrogen-bond acceptors (Lipinski definition) is 8. The average molecular weight is 482 g/mol. The maximum Gasteiger partial charge on any atom is 0.231 e. The van der Waals surface area contributed by atoms with Crippen LogP contribution in [0.4, 0.5) is 17.3 Å². The highest BCUT2D eigenvalue weighted by molar-refractivity contribution is 6.31. The summed E-state index contributed by atoms with van der Waals surface area (Å²) in [7, 11) is 0. The number of fused-ring (bicyclic) bond motifs is 3. The van der Waals surface area contributed by atoms with Crippen molar-refractivity contribution in [2.24, 2.45) is 0 Å². The highest BCUT2D eigenvalue weighted by atomic mass is 35.5. The van der Waals surface area contributed by atoms with Gasteiger partial charge in [0.2, 0.25) is 11.9 Å². The van der Waals surface area contributed by atoms with Gasteiger partial charge in [0, 0.05) is 60.3 Å². The Kier molecular flexibility index (Phi) is 6.23. The molecule has 176 valence electrons. The van der Waals surface area contributed by atoms with Gasteiger partial charge in [-0.15, -0.1) is 0 Å². The second-order valence-corrected chi connectivity index (χ2v) is 8.67. The first kappa shape index (κ1) is 22.4. The predicted octanol–water partition coefficient (Wildman–Crippen LogP) is 3.17. The standard InChI is InChI=1S/C24H24ClN5O4/c25-16-1-3-18-19(12-16)30(6-5-29-7-9-34-10-8-29)22(33)11-15-14-26-24(28-23(15)18)27-17-2-4-20(31)21(32)13-17/h1-4,12-14,31-32H,5-11H2,(H,26,27,28). The number of halogens is 1. The number of aromatic nitrogens is 2. The van der Waals surface area contributed by atoms with E-state index < -0.39 is 0 Å². The lowest BCUT2D eigenvalue weighted by Crippen LogP contribution is -2.43. The molecule has 0 saturated carbocycles. The van der Waals surface area contributed by atoms with Crippen LogP contribution >= 0.6 is 11.6 Å². The molecule has 3 aromatic rings. The Hall–Kier alpha value is -3.40. The second kappa shape index (κ2) is 9.46. The summed E-state index contributed by atoms with van der Waals surface area (Å²) in [4.78, 5) is 26.4. The number of carbonyl (C=O) groups is 1. The van der Waals surface area contributed by atoms with Gasteiger partial charge in [0.1, 0.15) is 0 Å². The largest absolute Gasteiger partial charge is 0.504 e. The van der Waals surface area contributed by atoms with Gasteiger partial charge in [0.15, 0.2) is 11.5 Å². The zero-order valence-electron chi connectivity index (χ0n) is 18.4. The van der Waals surface area contributed by atoms with E-state index in [2.05, 4.69) is 15.2 Å². The first-order valence-corrected chi connectivity index (χ1v) is 11.4. The number of amides is 1. The summed E-state index contributed by atoms with van der Waals surface area (Å²) in [5.41, 5.74) is 3.40. The van der Waals surface area contributed by atoms with Crippen molar-refractivity contribution >= 4 is 34.8 Å². The third kappa shape index (κ3) is 4.63. The van der Waals surface area contributed by atoms with Crippen LogP contribution in [0.15, 0.2) is 42.6 Å². The van der Waals surface area contributed by atoms with E-state index in [1.165, 1.54) is 12.1 Å². The first-order valence-electron chi connectivity index (χ1n) is 11.0. The number of hydrogen-bond donors (Lipinski definition) is 3. The molecule has 0 unspecified atom stereocenters. The molecule has 0 radical (unpaired) electrons. The van der Waals surface area contributed by atoms with Crippen molar-refractivity contribution in [3.05, 3.63) is 53.2 Å². The van der Waals surface area contributed by atoms with Gasteiger partial charge in [0.25, 0.3) is 0 Å². The minimum atomic E-state index is -0.249. The van der Waals surface area contributed by atoms with E-state index in [0.717, 1.165) is 36.4 Å². The maximum absolute atomic E-state index is 13.3. The number of anilines is 3. The van der Waals surface area contributed by atoms with Crippen LogP contribution in [0, 0.1) is 0 Å². The summed E-state index contributed by atoms with van der Waals surface area (Å²) in [5.74, 6) is -0.196. The number of aromatic hydroxyl groups is 2. The van der Waals surface area contributed by atoms with Gasteiger partial charge in [-0.2, -0.15) is 0 Å².